The number of rotatable bonds is 7. The van der Waals surface area contributed by atoms with Gasteiger partial charge in [-0.1, -0.05) is 19.0 Å². The van der Waals surface area contributed by atoms with Gasteiger partial charge in [0.1, 0.15) is 12.6 Å². The molecule has 0 saturated carbocycles. The Labute approximate surface area is 158 Å². The van der Waals surface area contributed by atoms with E-state index in [1.54, 1.807) is 9.58 Å². The van der Waals surface area contributed by atoms with Gasteiger partial charge in [-0.05, 0) is 44.2 Å². The van der Waals surface area contributed by atoms with Gasteiger partial charge >= 0.3 is 0 Å². The zero-order valence-electron chi connectivity index (χ0n) is 16.7. The molecule has 1 aliphatic heterocycles. The third kappa shape index (κ3) is 4.32. The van der Waals surface area contributed by atoms with Crippen LogP contribution in [0.15, 0.2) is 4.52 Å². The van der Waals surface area contributed by atoms with Gasteiger partial charge in [0.05, 0.1) is 6.54 Å². The monoisotopic (exact) mass is 376 g/mol. The highest BCUT2D eigenvalue weighted by molar-refractivity contribution is 5.76. The lowest BCUT2D eigenvalue weighted by Gasteiger charge is -2.23. The lowest BCUT2D eigenvalue weighted by atomic mass is 10.2. The first-order valence-corrected chi connectivity index (χ1v) is 9.45. The molecule has 1 aliphatic rings. The van der Waals surface area contributed by atoms with Crippen molar-refractivity contribution in [3.8, 4) is 0 Å². The number of hydrogen-bond donors (Lipinski definition) is 0. The maximum atomic E-state index is 12.9. The molecule has 0 radical (unpaired) electrons. The summed E-state index contributed by atoms with van der Waals surface area (Å²) in [6.07, 6.45) is 1.73. The van der Waals surface area contributed by atoms with E-state index in [1.807, 2.05) is 20.9 Å². The average molecular weight is 376 g/mol. The summed E-state index contributed by atoms with van der Waals surface area (Å²) >= 11 is 0. The highest BCUT2D eigenvalue weighted by Crippen LogP contribution is 2.31. The highest BCUT2D eigenvalue weighted by atomic mass is 16.5. The van der Waals surface area contributed by atoms with Crippen molar-refractivity contribution in [3.63, 3.8) is 0 Å². The summed E-state index contributed by atoms with van der Waals surface area (Å²) in [7, 11) is 2.00. The van der Waals surface area contributed by atoms with E-state index in [0.717, 1.165) is 12.8 Å². The Morgan fingerprint density at radius 3 is 2.78 bits per heavy atom. The fourth-order valence-electron chi connectivity index (χ4n) is 3.02. The van der Waals surface area contributed by atoms with Crippen LogP contribution in [0.25, 0.3) is 0 Å². The van der Waals surface area contributed by atoms with Crippen LogP contribution in [0.4, 0.5) is 0 Å². The van der Waals surface area contributed by atoms with Gasteiger partial charge in [-0.25, -0.2) is 4.68 Å². The molecule has 148 valence electrons. The lowest BCUT2D eigenvalue weighted by Crippen LogP contribution is -2.35. The molecule has 3 heterocycles. The number of carbonyl (C=O) groups is 1. The molecule has 0 N–H and O–H groups in total. The summed E-state index contributed by atoms with van der Waals surface area (Å²) in [5.41, 5.74) is 0. The molecule has 2 aromatic rings. The largest absolute Gasteiger partial charge is 0.337 e. The minimum absolute atomic E-state index is 0.0393. The maximum absolute atomic E-state index is 12.9. The molecular weight excluding hydrogens is 348 g/mol. The molecule has 1 fully saturated rings. The van der Waals surface area contributed by atoms with Crippen molar-refractivity contribution >= 4 is 5.91 Å². The molecule has 0 aliphatic carbocycles. The van der Waals surface area contributed by atoms with Crippen molar-refractivity contribution in [1.29, 1.82) is 0 Å². The van der Waals surface area contributed by atoms with Crippen LogP contribution in [0.3, 0.4) is 0 Å². The number of likely N-dealkylation sites (tertiary alicyclic amines) is 1. The molecule has 0 spiro atoms. The van der Waals surface area contributed by atoms with Crippen molar-refractivity contribution in [2.75, 3.05) is 13.6 Å². The Morgan fingerprint density at radius 1 is 1.33 bits per heavy atom. The van der Waals surface area contributed by atoms with Gasteiger partial charge in [0.2, 0.25) is 11.8 Å². The molecule has 0 unspecified atom stereocenters. The normalized spacial score (nSPS) is 17.6. The van der Waals surface area contributed by atoms with E-state index in [9.17, 15) is 4.79 Å². The summed E-state index contributed by atoms with van der Waals surface area (Å²) in [5, 5.41) is 15.8. The second-order valence-corrected chi connectivity index (χ2v) is 7.65. The molecule has 10 nitrogen and oxygen atoms in total. The van der Waals surface area contributed by atoms with Crippen LogP contribution in [0.2, 0.25) is 0 Å². The summed E-state index contributed by atoms with van der Waals surface area (Å²) in [6, 6.07) is 0.192. The smallest absolute Gasteiger partial charge is 0.249 e. The summed E-state index contributed by atoms with van der Waals surface area (Å²) in [6.45, 7) is 9.60. The minimum atomic E-state index is -0.171. The van der Waals surface area contributed by atoms with Crippen molar-refractivity contribution in [1.82, 2.24) is 40.1 Å². The zero-order chi connectivity index (χ0) is 19.6. The standard InChI is InChI=1S/C17H28N8O2/c1-11(2)16-18-17(27-20-16)13-7-6-8-24(13)15(26)10-25-14(19-21-22-25)9-23(5)12(3)4/h11-13H,6-10H2,1-5H3/t13-/m0/s1. The molecule has 1 atom stereocenters. The first-order valence-electron chi connectivity index (χ1n) is 9.45. The minimum Gasteiger partial charge on any atom is -0.337 e. The number of tetrazole rings is 1. The Balaban J connectivity index is 1.69. The van der Waals surface area contributed by atoms with Gasteiger partial charge in [0.15, 0.2) is 11.6 Å². The van der Waals surface area contributed by atoms with E-state index >= 15 is 0 Å². The van der Waals surface area contributed by atoms with Gasteiger partial charge in [-0.2, -0.15) is 4.98 Å². The van der Waals surface area contributed by atoms with E-state index in [-0.39, 0.29) is 24.4 Å². The topological polar surface area (TPSA) is 106 Å². The van der Waals surface area contributed by atoms with Crippen LogP contribution in [0.1, 0.15) is 70.0 Å². The highest BCUT2D eigenvalue weighted by Gasteiger charge is 2.34. The maximum Gasteiger partial charge on any atom is 0.249 e. The van der Waals surface area contributed by atoms with Crippen LogP contribution in [-0.4, -0.2) is 65.7 Å². The molecule has 27 heavy (non-hydrogen) atoms. The van der Waals surface area contributed by atoms with E-state index in [2.05, 4.69) is 44.4 Å². The second-order valence-electron chi connectivity index (χ2n) is 7.65. The van der Waals surface area contributed by atoms with Crippen LogP contribution in [0, 0.1) is 0 Å². The molecular formula is C17H28N8O2. The Kier molecular flexibility index (Phi) is 5.83. The summed E-state index contributed by atoms with van der Waals surface area (Å²) < 4.78 is 6.99. The lowest BCUT2D eigenvalue weighted by molar-refractivity contribution is -0.133. The predicted octanol–water partition coefficient (Wildman–Crippen LogP) is 1.38. The average Bonchev–Trinajstić information content (AvgIpc) is 3.34. The van der Waals surface area contributed by atoms with E-state index in [4.69, 9.17) is 4.52 Å². The van der Waals surface area contributed by atoms with Gasteiger partial charge in [-0.15, -0.1) is 5.10 Å². The van der Waals surface area contributed by atoms with Gasteiger partial charge < -0.3 is 9.42 Å². The Morgan fingerprint density at radius 2 is 2.11 bits per heavy atom. The van der Waals surface area contributed by atoms with E-state index in [1.165, 1.54) is 0 Å². The van der Waals surface area contributed by atoms with Crippen LogP contribution in [-0.2, 0) is 17.9 Å². The van der Waals surface area contributed by atoms with Crippen LogP contribution < -0.4 is 0 Å². The first-order chi connectivity index (χ1) is 12.9. The zero-order valence-corrected chi connectivity index (χ0v) is 16.7. The van der Waals surface area contributed by atoms with Gasteiger partial charge in [0.25, 0.3) is 0 Å². The molecule has 1 amide bonds. The van der Waals surface area contributed by atoms with Crippen molar-refractivity contribution in [2.45, 2.75) is 71.6 Å². The predicted molar refractivity (Wildman–Crippen MR) is 96.5 cm³/mol. The fourth-order valence-corrected chi connectivity index (χ4v) is 3.02. The van der Waals surface area contributed by atoms with Crippen molar-refractivity contribution in [3.05, 3.63) is 17.5 Å². The number of hydrogen-bond acceptors (Lipinski definition) is 8. The fraction of sp³-hybridized carbons (Fsp3) is 0.765. The van der Waals surface area contributed by atoms with Crippen LogP contribution in [0.5, 0.6) is 0 Å². The SMILES string of the molecule is CC(C)c1noc([C@@H]2CCCN2C(=O)Cn2nnnc2CN(C)C(C)C)n1. The quantitative estimate of drug-likeness (QED) is 0.713. The Bertz CT molecular complexity index is 769. The molecule has 10 heteroatoms. The van der Waals surface area contributed by atoms with E-state index in [0.29, 0.717) is 36.7 Å². The summed E-state index contributed by atoms with van der Waals surface area (Å²) in [5.74, 6) is 2.01. The third-order valence-corrected chi connectivity index (χ3v) is 5.00. The number of carbonyl (C=O) groups excluding carboxylic acids is 1. The number of amides is 1. The van der Waals surface area contributed by atoms with Crippen LogP contribution >= 0.6 is 0 Å². The summed E-state index contributed by atoms with van der Waals surface area (Å²) in [4.78, 5) is 21.3. The molecule has 0 bridgehead atoms. The van der Waals surface area contributed by atoms with E-state index < -0.39 is 0 Å². The van der Waals surface area contributed by atoms with Gasteiger partial charge in [-0.3, -0.25) is 9.69 Å². The molecule has 3 rings (SSSR count). The second kappa shape index (κ2) is 8.12. The molecule has 1 saturated heterocycles. The van der Waals surface area contributed by atoms with Crippen molar-refractivity contribution in [2.24, 2.45) is 0 Å². The number of aromatic nitrogens is 6. The molecule has 0 aromatic carbocycles. The third-order valence-electron chi connectivity index (χ3n) is 5.00. The molecule has 2 aromatic heterocycles. The van der Waals surface area contributed by atoms with Gasteiger partial charge in [0, 0.05) is 18.5 Å². The Hall–Kier alpha value is -2.36. The first kappa shape index (κ1) is 19.4. The van der Waals surface area contributed by atoms with Crippen molar-refractivity contribution < 1.29 is 9.32 Å². The number of nitrogens with zero attached hydrogens (tertiary/aromatic N) is 8.